The van der Waals surface area contributed by atoms with Crippen LogP contribution in [0.15, 0.2) is 59.3 Å². The Kier molecular flexibility index (Phi) is 6.76. The summed E-state index contributed by atoms with van der Waals surface area (Å²) in [6.45, 7) is 0.212. The number of aliphatic carboxylic acids is 1. The minimum absolute atomic E-state index is 0.159. The zero-order chi connectivity index (χ0) is 18.1. The first-order valence-electron chi connectivity index (χ1n) is 7.79. The molecule has 0 heterocycles. The van der Waals surface area contributed by atoms with Crippen molar-refractivity contribution >= 4 is 17.8 Å². The predicted octanol–water partition coefficient (Wildman–Crippen LogP) is 2.64. The largest absolute Gasteiger partial charge is 0.476 e. The number of carbonyl (C=O) groups excluding carboxylic acids is 1. The van der Waals surface area contributed by atoms with Gasteiger partial charge in [-0.15, -0.1) is 0 Å². The van der Waals surface area contributed by atoms with E-state index in [9.17, 15) is 9.59 Å². The van der Waals surface area contributed by atoms with Crippen molar-refractivity contribution < 1.29 is 24.3 Å². The van der Waals surface area contributed by atoms with Crippen LogP contribution in [0.25, 0.3) is 0 Å². The summed E-state index contributed by atoms with van der Waals surface area (Å²) < 4.78 is 5.17. The van der Waals surface area contributed by atoms with E-state index in [1.807, 2.05) is 30.3 Å². The second kappa shape index (κ2) is 9.27. The maximum Gasteiger partial charge on any atom is 0.407 e. The van der Waals surface area contributed by atoms with Crippen molar-refractivity contribution in [2.24, 2.45) is 5.16 Å². The number of hydrogen-bond acceptors (Lipinski definition) is 5. The molecule has 7 heteroatoms. The van der Waals surface area contributed by atoms with Crippen LogP contribution in [0.2, 0.25) is 0 Å². The molecular weight excluding hydrogens is 324 g/mol. The average molecular weight is 344 g/mol. The topological polar surface area (TPSA) is 97.2 Å². The lowest BCUT2D eigenvalue weighted by Gasteiger charge is -2.19. The maximum absolute atomic E-state index is 11.8. The van der Waals surface area contributed by atoms with Crippen LogP contribution < -0.4 is 5.32 Å². The molecular formula is C18H20N2O5. The van der Waals surface area contributed by atoms with E-state index in [1.165, 1.54) is 13.2 Å². The van der Waals surface area contributed by atoms with Gasteiger partial charge in [-0.2, -0.15) is 0 Å². The number of ether oxygens (including phenoxy) is 1. The first-order chi connectivity index (χ1) is 12.1. The third kappa shape index (κ3) is 6.14. The Balaban J connectivity index is 1.85. The van der Waals surface area contributed by atoms with Crippen LogP contribution in [0.3, 0.4) is 0 Å². The molecule has 2 N–H and O–H groups in total. The Morgan fingerprint density at radius 1 is 1.36 bits per heavy atom. The number of nitrogens with one attached hydrogen (secondary N) is 1. The molecule has 1 amide bonds. The normalized spacial score (nSPS) is 18.7. The zero-order valence-electron chi connectivity index (χ0n) is 13.8. The van der Waals surface area contributed by atoms with Gasteiger partial charge in [-0.3, -0.25) is 0 Å². The van der Waals surface area contributed by atoms with E-state index in [2.05, 4.69) is 15.3 Å². The van der Waals surface area contributed by atoms with Gasteiger partial charge >= 0.3 is 12.1 Å². The molecule has 0 radical (unpaired) electrons. The molecule has 0 aromatic heterocycles. The van der Waals surface area contributed by atoms with Crippen molar-refractivity contribution in [3.8, 4) is 0 Å². The van der Waals surface area contributed by atoms with Crippen molar-refractivity contribution in [2.45, 2.75) is 25.5 Å². The number of nitrogens with zero attached hydrogens (tertiary/aromatic N) is 1. The number of oxime groups is 1. The highest BCUT2D eigenvalue weighted by atomic mass is 16.6. The van der Waals surface area contributed by atoms with Gasteiger partial charge < -0.3 is 20.0 Å². The summed E-state index contributed by atoms with van der Waals surface area (Å²) in [5.41, 5.74) is 1.55. The van der Waals surface area contributed by atoms with Crippen LogP contribution >= 0.6 is 0 Å². The molecule has 0 saturated heterocycles. The van der Waals surface area contributed by atoms with Gasteiger partial charge in [0.25, 0.3) is 0 Å². The van der Waals surface area contributed by atoms with Crippen LogP contribution in [0.5, 0.6) is 0 Å². The number of hydrogen-bond donors (Lipinski definition) is 2. The van der Waals surface area contributed by atoms with Gasteiger partial charge in [-0.1, -0.05) is 47.6 Å². The molecule has 0 unspecified atom stereocenters. The summed E-state index contributed by atoms with van der Waals surface area (Å²) in [7, 11) is 1.29. The summed E-state index contributed by atoms with van der Waals surface area (Å²) in [6, 6.07) is 9.26. The number of carboxylic acids is 1. The number of rotatable bonds is 6. The highest BCUT2D eigenvalue weighted by molar-refractivity contribution is 6.40. The molecule has 1 aromatic rings. The summed E-state index contributed by atoms with van der Waals surface area (Å²) in [5, 5.41) is 15.2. The number of allylic oxidation sites excluding steroid dienone is 2. The Labute approximate surface area is 145 Å². The number of carbonyl (C=O) groups is 2. The molecule has 1 aliphatic rings. The van der Waals surface area contributed by atoms with E-state index in [0.29, 0.717) is 12.8 Å². The molecule has 1 atom stereocenters. The van der Waals surface area contributed by atoms with E-state index >= 15 is 0 Å². The summed E-state index contributed by atoms with van der Waals surface area (Å²) in [4.78, 5) is 27.3. The predicted molar refractivity (Wildman–Crippen MR) is 92.1 cm³/mol. The number of benzene rings is 1. The van der Waals surface area contributed by atoms with Crippen LogP contribution in [0, 0.1) is 0 Å². The summed E-state index contributed by atoms with van der Waals surface area (Å²) in [6.07, 6.45) is 5.77. The first kappa shape index (κ1) is 18.3. The van der Waals surface area contributed by atoms with Crippen molar-refractivity contribution in [1.29, 1.82) is 0 Å². The van der Waals surface area contributed by atoms with Gasteiger partial charge in [-0.25, -0.2) is 9.59 Å². The lowest BCUT2D eigenvalue weighted by atomic mass is 9.97. The molecule has 0 spiro atoms. The zero-order valence-corrected chi connectivity index (χ0v) is 13.8. The van der Waals surface area contributed by atoms with E-state index in [0.717, 1.165) is 11.1 Å². The monoisotopic (exact) mass is 344 g/mol. The van der Waals surface area contributed by atoms with Crippen LogP contribution in [0.4, 0.5) is 4.79 Å². The van der Waals surface area contributed by atoms with Crippen molar-refractivity contribution in [2.75, 3.05) is 7.11 Å². The smallest absolute Gasteiger partial charge is 0.407 e. The lowest BCUT2D eigenvalue weighted by Crippen LogP contribution is -2.34. The minimum atomic E-state index is -1.16. The molecule has 1 aliphatic carbocycles. The Morgan fingerprint density at radius 2 is 2.12 bits per heavy atom. The minimum Gasteiger partial charge on any atom is -0.476 e. The van der Waals surface area contributed by atoms with E-state index in [-0.39, 0.29) is 18.4 Å². The molecule has 132 valence electrons. The van der Waals surface area contributed by atoms with Gasteiger partial charge in [0.2, 0.25) is 0 Å². The van der Waals surface area contributed by atoms with Crippen LogP contribution in [-0.2, 0) is 21.0 Å². The van der Waals surface area contributed by atoms with E-state index < -0.39 is 12.1 Å². The summed E-state index contributed by atoms with van der Waals surface area (Å²) in [5.74, 6) is -1.16. The lowest BCUT2D eigenvalue weighted by molar-refractivity contribution is -0.129. The highest BCUT2D eigenvalue weighted by Gasteiger charge is 2.16. The quantitative estimate of drug-likeness (QED) is 0.611. The fourth-order valence-electron chi connectivity index (χ4n) is 2.30. The van der Waals surface area contributed by atoms with E-state index in [1.54, 1.807) is 12.2 Å². The van der Waals surface area contributed by atoms with Crippen LogP contribution in [-0.4, -0.2) is 36.0 Å². The van der Waals surface area contributed by atoms with Crippen molar-refractivity contribution in [3.63, 3.8) is 0 Å². The molecule has 0 bridgehead atoms. The number of amides is 1. The number of carboxylic acid groups (broad SMARTS) is 1. The fraction of sp³-hybridized carbons (Fsp3) is 0.278. The van der Waals surface area contributed by atoms with E-state index in [4.69, 9.17) is 9.84 Å². The van der Waals surface area contributed by atoms with Gasteiger partial charge in [-0.05, 0) is 30.1 Å². The molecule has 0 saturated carbocycles. The average Bonchev–Trinajstić information content (AvgIpc) is 2.62. The van der Waals surface area contributed by atoms with Crippen molar-refractivity contribution in [1.82, 2.24) is 5.32 Å². The molecule has 7 nitrogen and oxygen atoms in total. The van der Waals surface area contributed by atoms with Crippen molar-refractivity contribution in [3.05, 3.63) is 59.7 Å². The molecule has 0 aliphatic heterocycles. The third-order valence-corrected chi connectivity index (χ3v) is 3.53. The fourth-order valence-corrected chi connectivity index (χ4v) is 2.30. The molecule has 2 rings (SSSR count). The van der Waals surface area contributed by atoms with Gasteiger partial charge in [0.1, 0.15) is 13.7 Å². The second-order valence-corrected chi connectivity index (χ2v) is 5.39. The molecule has 0 fully saturated rings. The molecule has 1 aromatic carbocycles. The highest BCUT2D eigenvalue weighted by Crippen LogP contribution is 2.17. The van der Waals surface area contributed by atoms with Gasteiger partial charge in [0.05, 0.1) is 6.04 Å². The Hall–Kier alpha value is -3.09. The second-order valence-electron chi connectivity index (χ2n) is 5.39. The maximum atomic E-state index is 11.8. The first-order valence-corrected chi connectivity index (χ1v) is 7.79. The summed E-state index contributed by atoms with van der Waals surface area (Å²) >= 11 is 0. The van der Waals surface area contributed by atoms with Gasteiger partial charge in [0, 0.05) is 0 Å². The molecule has 25 heavy (non-hydrogen) atoms. The number of alkyl carbamates (subject to hydrolysis) is 1. The SMILES string of the molecule is CO/N=C(\C=C1\C=C[C@H](NC(=O)OCc2ccccc2)CC1)C(=O)O. The van der Waals surface area contributed by atoms with Crippen LogP contribution in [0.1, 0.15) is 18.4 Å². The van der Waals surface area contributed by atoms with Gasteiger partial charge in [0.15, 0.2) is 5.71 Å². The standard InChI is InChI=1S/C18H20N2O5/c1-24-20-16(17(21)22)11-13-7-9-15(10-8-13)19-18(23)25-12-14-5-3-2-4-6-14/h2-7,9,11,15H,8,10,12H2,1H3,(H,19,23)(H,21,22)/b13-11-,20-16+/t15-/m0/s1. The Morgan fingerprint density at radius 3 is 2.72 bits per heavy atom. The third-order valence-electron chi connectivity index (χ3n) is 3.53. The Bertz CT molecular complexity index is 695.